The number of benzene rings is 1. The molecular formula is C12H15F. The van der Waals surface area contributed by atoms with Gasteiger partial charge in [0.15, 0.2) is 0 Å². The normalized spacial score (nSPS) is 8.23. The van der Waals surface area contributed by atoms with Gasteiger partial charge in [0.1, 0.15) is 5.82 Å². The van der Waals surface area contributed by atoms with E-state index in [9.17, 15) is 4.39 Å². The van der Waals surface area contributed by atoms with Crippen molar-refractivity contribution in [3.8, 4) is 12.3 Å². The van der Waals surface area contributed by atoms with Gasteiger partial charge in [0, 0.05) is 5.56 Å². The average Bonchev–Trinajstić information content (AvgIpc) is 2.20. The van der Waals surface area contributed by atoms with Gasteiger partial charge in [-0.1, -0.05) is 32.8 Å². The Kier molecular flexibility index (Phi) is 5.63. The van der Waals surface area contributed by atoms with Gasteiger partial charge in [0.2, 0.25) is 0 Å². The van der Waals surface area contributed by atoms with Gasteiger partial charge in [-0.15, -0.1) is 6.42 Å². The molecule has 0 aliphatic heterocycles. The van der Waals surface area contributed by atoms with Crippen molar-refractivity contribution < 1.29 is 4.39 Å². The molecule has 1 aromatic rings. The molecule has 0 aliphatic carbocycles. The molecule has 0 heterocycles. The summed E-state index contributed by atoms with van der Waals surface area (Å²) in [4.78, 5) is 0. The molecule has 1 aromatic carbocycles. The minimum absolute atomic E-state index is 0.206. The largest absolute Gasteiger partial charge is 0.207 e. The van der Waals surface area contributed by atoms with Crippen molar-refractivity contribution in [3.05, 3.63) is 35.1 Å². The van der Waals surface area contributed by atoms with Crippen LogP contribution in [0.25, 0.3) is 0 Å². The molecule has 0 saturated heterocycles. The maximum atomic E-state index is 12.9. The van der Waals surface area contributed by atoms with Crippen LogP contribution in [-0.4, -0.2) is 0 Å². The van der Waals surface area contributed by atoms with Crippen molar-refractivity contribution in [1.82, 2.24) is 0 Å². The molecule has 0 aromatic heterocycles. The topological polar surface area (TPSA) is 0 Å². The van der Waals surface area contributed by atoms with Crippen molar-refractivity contribution >= 4 is 0 Å². The first kappa shape index (κ1) is 11.7. The summed E-state index contributed by atoms with van der Waals surface area (Å²) in [5.41, 5.74) is 1.31. The van der Waals surface area contributed by atoms with Crippen molar-refractivity contribution in [3.63, 3.8) is 0 Å². The zero-order chi connectivity index (χ0) is 10.3. The lowest BCUT2D eigenvalue weighted by Crippen LogP contribution is -1.87. The summed E-state index contributed by atoms with van der Waals surface area (Å²) < 4.78 is 12.9. The summed E-state index contributed by atoms with van der Waals surface area (Å²) in [6.07, 6.45) is 5.80. The molecule has 1 rings (SSSR count). The lowest BCUT2D eigenvalue weighted by molar-refractivity contribution is 0.612. The van der Waals surface area contributed by atoms with E-state index in [0.717, 1.165) is 0 Å². The Hall–Kier alpha value is -1.29. The highest BCUT2D eigenvalue weighted by Gasteiger charge is 1.98. The Labute approximate surface area is 79.8 Å². The number of hydrogen-bond acceptors (Lipinski definition) is 0. The molecule has 0 N–H and O–H groups in total. The Balaban J connectivity index is 0.000000671. The van der Waals surface area contributed by atoms with Crippen LogP contribution in [-0.2, 0) is 6.42 Å². The van der Waals surface area contributed by atoms with Gasteiger partial charge in [-0.25, -0.2) is 4.39 Å². The van der Waals surface area contributed by atoms with Crippen LogP contribution in [0.3, 0.4) is 0 Å². The van der Waals surface area contributed by atoms with Crippen molar-refractivity contribution in [2.75, 3.05) is 0 Å². The van der Waals surface area contributed by atoms with Crippen LogP contribution in [0.4, 0.5) is 4.39 Å². The highest BCUT2D eigenvalue weighted by Crippen LogP contribution is 2.09. The fourth-order valence-corrected chi connectivity index (χ4v) is 0.924. The Morgan fingerprint density at radius 1 is 1.38 bits per heavy atom. The fraction of sp³-hybridized carbons (Fsp3) is 0.333. The van der Waals surface area contributed by atoms with Gasteiger partial charge >= 0.3 is 0 Å². The molecule has 0 spiro atoms. The van der Waals surface area contributed by atoms with Crippen LogP contribution in [0.15, 0.2) is 18.2 Å². The number of hydrogen-bond donors (Lipinski definition) is 0. The number of aryl methyl sites for hydroxylation is 1. The summed E-state index contributed by atoms with van der Waals surface area (Å²) in [5, 5.41) is 0. The fourth-order valence-electron chi connectivity index (χ4n) is 0.924. The molecule has 0 saturated carbocycles. The quantitative estimate of drug-likeness (QED) is 0.578. The molecule has 0 atom stereocenters. The Morgan fingerprint density at radius 3 is 2.38 bits per heavy atom. The third-order valence-electron chi connectivity index (χ3n) is 1.60. The number of rotatable bonds is 1. The van der Waals surface area contributed by atoms with E-state index in [1.165, 1.54) is 6.07 Å². The maximum Gasteiger partial charge on any atom is 0.127 e. The summed E-state index contributed by atoms with van der Waals surface area (Å²) in [7, 11) is 0. The molecule has 0 radical (unpaired) electrons. The molecule has 13 heavy (non-hydrogen) atoms. The first-order chi connectivity index (χ1) is 6.27. The van der Waals surface area contributed by atoms with E-state index in [1.54, 1.807) is 12.1 Å². The van der Waals surface area contributed by atoms with Crippen LogP contribution < -0.4 is 0 Å². The molecule has 0 amide bonds. The summed E-state index contributed by atoms with van der Waals surface area (Å²) in [5.74, 6) is 2.17. The van der Waals surface area contributed by atoms with E-state index in [1.807, 2.05) is 20.8 Å². The molecule has 0 aliphatic rings. The monoisotopic (exact) mass is 178 g/mol. The van der Waals surface area contributed by atoms with Crippen LogP contribution >= 0.6 is 0 Å². The molecular weight excluding hydrogens is 163 g/mol. The molecule has 0 fully saturated rings. The zero-order valence-corrected chi connectivity index (χ0v) is 8.39. The van der Waals surface area contributed by atoms with Gasteiger partial charge in [0.05, 0.1) is 0 Å². The Morgan fingerprint density at radius 2 is 2.00 bits per heavy atom. The van der Waals surface area contributed by atoms with Crippen molar-refractivity contribution in [2.45, 2.75) is 27.2 Å². The van der Waals surface area contributed by atoms with Crippen LogP contribution in [0.2, 0.25) is 0 Å². The van der Waals surface area contributed by atoms with E-state index in [0.29, 0.717) is 17.5 Å². The van der Waals surface area contributed by atoms with Crippen LogP contribution in [0.1, 0.15) is 31.9 Å². The highest BCUT2D eigenvalue weighted by molar-refractivity contribution is 5.35. The lowest BCUT2D eigenvalue weighted by Gasteiger charge is -1.98. The van der Waals surface area contributed by atoms with Crippen molar-refractivity contribution in [1.29, 1.82) is 0 Å². The minimum atomic E-state index is -0.206. The lowest BCUT2D eigenvalue weighted by atomic mass is 10.1. The van der Waals surface area contributed by atoms with Gasteiger partial charge in [-0.2, -0.15) is 0 Å². The zero-order valence-electron chi connectivity index (χ0n) is 8.39. The summed E-state index contributed by atoms with van der Waals surface area (Å²) in [6.45, 7) is 5.91. The second-order valence-electron chi connectivity index (χ2n) is 2.30. The van der Waals surface area contributed by atoms with Crippen LogP contribution in [0.5, 0.6) is 0 Å². The molecule has 0 bridgehead atoms. The van der Waals surface area contributed by atoms with Gasteiger partial charge in [0.25, 0.3) is 0 Å². The summed E-state index contributed by atoms with van der Waals surface area (Å²) in [6, 6.07) is 4.87. The number of halogens is 1. The van der Waals surface area contributed by atoms with E-state index >= 15 is 0 Å². The molecule has 0 unspecified atom stereocenters. The van der Waals surface area contributed by atoms with Gasteiger partial charge in [-0.3, -0.25) is 0 Å². The average molecular weight is 178 g/mol. The van der Waals surface area contributed by atoms with E-state index in [2.05, 4.69) is 5.92 Å². The predicted molar refractivity (Wildman–Crippen MR) is 55.1 cm³/mol. The maximum absolute atomic E-state index is 12.9. The van der Waals surface area contributed by atoms with E-state index in [4.69, 9.17) is 6.42 Å². The molecule has 70 valence electrons. The highest BCUT2D eigenvalue weighted by atomic mass is 19.1. The smallest absolute Gasteiger partial charge is 0.127 e. The predicted octanol–water partition coefficient (Wildman–Crippen LogP) is 3.40. The third-order valence-corrected chi connectivity index (χ3v) is 1.60. The second kappa shape index (κ2) is 6.25. The standard InChI is InChI=1S/C10H9F.C2H6/c1-3-8-5-6-9(4-2)10(11)7-8;1-2/h1,5-7H,4H2,2H3;1-2H3. The first-order valence-corrected chi connectivity index (χ1v) is 4.53. The van der Waals surface area contributed by atoms with Crippen LogP contribution in [0, 0.1) is 18.2 Å². The van der Waals surface area contributed by atoms with Crippen molar-refractivity contribution in [2.24, 2.45) is 0 Å². The van der Waals surface area contributed by atoms with Gasteiger partial charge < -0.3 is 0 Å². The number of terminal acetylenes is 1. The minimum Gasteiger partial charge on any atom is -0.207 e. The van der Waals surface area contributed by atoms with Gasteiger partial charge in [-0.05, 0) is 24.1 Å². The first-order valence-electron chi connectivity index (χ1n) is 4.53. The second-order valence-corrected chi connectivity index (χ2v) is 2.30. The molecule has 0 nitrogen and oxygen atoms in total. The third kappa shape index (κ3) is 3.29. The van der Waals surface area contributed by atoms with E-state index < -0.39 is 0 Å². The Bertz CT molecular complexity index is 294. The molecule has 1 heteroatoms. The SMILES string of the molecule is C#Cc1ccc(CC)c(F)c1.CC. The summed E-state index contributed by atoms with van der Waals surface area (Å²) >= 11 is 0. The van der Waals surface area contributed by atoms with E-state index in [-0.39, 0.29) is 5.82 Å².